The maximum Gasteiger partial charge on any atom is 0.227 e. The molecule has 1 unspecified atom stereocenters. The van der Waals surface area contributed by atoms with Gasteiger partial charge in [-0.05, 0) is 18.5 Å². The molecule has 0 spiro atoms. The van der Waals surface area contributed by atoms with Gasteiger partial charge in [0, 0.05) is 19.0 Å². The van der Waals surface area contributed by atoms with Crippen LogP contribution in [-0.4, -0.2) is 19.0 Å². The fourth-order valence-corrected chi connectivity index (χ4v) is 2.13. The van der Waals surface area contributed by atoms with Crippen LogP contribution in [0.4, 0.5) is 15.8 Å². The minimum Gasteiger partial charge on any atom is -0.397 e. The Hall–Kier alpha value is -1.33. The van der Waals surface area contributed by atoms with E-state index in [1.54, 1.807) is 0 Å². The first-order valence-corrected chi connectivity index (χ1v) is 5.65. The van der Waals surface area contributed by atoms with E-state index in [-0.39, 0.29) is 16.8 Å². The first-order valence-electron chi connectivity index (χ1n) is 5.28. The van der Waals surface area contributed by atoms with Crippen molar-refractivity contribution in [1.82, 2.24) is 0 Å². The molecule has 6 heteroatoms. The number of rotatable bonds is 2. The third kappa shape index (κ3) is 2.21. The van der Waals surface area contributed by atoms with Crippen LogP contribution in [0.3, 0.4) is 0 Å². The molecule has 1 saturated heterocycles. The Balaban J connectivity index is 2.35. The van der Waals surface area contributed by atoms with Crippen molar-refractivity contribution in [3.05, 3.63) is 23.0 Å². The molecule has 4 nitrogen and oxygen atoms in total. The van der Waals surface area contributed by atoms with Crippen molar-refractivity contribution in [2.75, 3.05) is 23.7 Å². The number of nitrogens with zero attached hydrogens (tertiary/aromatic N) is 1. The van der Waals surface area contributed by atoms with Gasteiger partial charge in [-0.15, -0.1) is 0 Å². The van der Waals surface area contributed by atoms with Crippen molar-refractivity contribution in [2.24, 2.45) is 11.7 Å². The second-order valence-corrected chi connectivity index (χ2v) is 4.54. The number of nitrogen functional groups attached to an aromatic ring is 1. The van der Waals surface area contributed by atoms with Gasteiger partial charge in [0.05, 0.1) is 16.4 Å². The fraction of sp³-hybridized carbons (Fsp3) is 0.364. The summed E-state index contributed by atoms with van der Waals surface area (Å²) in [5.74, 6) is -0.575. The smallest absolute Gasteiger partial charge is 0.227 e. The van der Waals surface area contributed by atoms with Gasteiger partial charge in [-0.25, -0.2) is 4.39 Å². The second-order valence-electron chi connectivity index (χ2n) is 4.14. The molecule has 4 N–H and O–H groups in total. The van der Waals surface area contributed by atoms with Gasteiger partial charge in [0.25, 0.3) is 0 Å². The maximum atomic E-state index is 13.4. The third-order valence-electron chi connectivity index (χ3n) is 2.90. The number of hydrogen-bond acceptors (Lipinski definition) is 3. The molecular formula is C11H13ClFN3O. The monoisotopic (exact) mass is 257 g/mol. The van der Waals surface area contributed by atoms with E-state index in [0.29, 0.717) is 30.9 Å². The van der Waals surface area contributed by atoms with Crippen LogP contribution in [0.5, 0.6) is 0 Å². The Morgan fingerprint density at radius 2 is 2.24 bits per heavy atom. The van der Waals surface area contributed by atoms with Crippen LogP contribution in [-0.2, 0) is 4.79 Å². The molecule has 1 atom stereocenters. The predicted octanol–water partition coefficient (Wildman–Crippen LogP) is 1.37. The fourth-order valence-electron chi connectivity index (χ4n) is 1.96. The van der Waals surface area contributed by atoms with Gasteiger partial charge in [-0.3, -0.25) is 4.79 Å². The number of carbonyl (C=O) groups excluding carboxylic acids is 1. The van der Waals surface area contributed by atoms with Crippen LogP contribution in [0, 0.1) is 11.7 Å². The van der Waals surface area contributed by atoms with Gasteiger partial charge in [0.1, 0.15) is 5.82 Å². The molecule has 1 fully saturated rings. The molecule has 1 aromatic carbocycles. The molecule has 0 bridgehead atoms. The number of halogens is 2. The molecule has 0 saturated carbocycles. The molecule has 1 aliphatic rings. The standard InChI is InChI=1S/C11H13ClFN3O/c12-7-2-9(15)10(3-8(7)13)16-5-6(4-14)1-11(16)17/h2-3,6H,1,4-5,14-15H2. The zero-order valence-corrected chi connectivity index (χ0v) is 9.88. The van der Waals surface area contributed by atoms with Crippen LogP contribution in [0.25, 0.3) is 0 Å². The highest BCUT2D eigenvalue weighted by atomic mass is 35.5. The zero-order valence-electron chi connectivity index (χ0n) is 9.12. The van der Waals surface area contributed by atoms with E-state index in [2.05, 4.69) is 0 Å². The van der Waals surface area contributed by atoms with Crippen molar-refractivity contribution < 1.29 is 9.18 Å². The van der Waals surface area contributed by atoms with E-state index in [9.17, 15) is 9.18 Å². The number of benzene rings is 1. The van der Waals surface area contributed by atoms with Gasteiger partial charge in [0.15, 0.2) is 0 Å². The molecule has 1 aromatic rings. The van der Waals surface area contributed by atoms with E-state index in [0.717, 1.165) is 0 Å². The quantitative estimate of drug-likeness (QED) is 0.786. The summed E-state index contributed by atoms with van der Waals surface area (Å²) in [5.41, 5.74) is 11.9. The number of amides is 1. The lowest BCUT2D eigenvalue weighted by Crippen LogP contribution is -2.26. The van der Waals surface area contributed by atoms with Crippen molar-refractivity contribution in [1.29, 1.82) is 0 Å². The van der Waals surface area contributed by atoms with E-state index in [1.165, 1.54) is 17.0 Å². The molecule has 1 aliphatic heterocycles. The van der Waals surface area contributed by atoms with E-state index < -0.39 is 5.82 Å². The molecule has 92 valence electrons. The summed E-state index contributed by atoms with van der Waals surface area (Å²) in [6.45, 7) is 0.902. The summed E-state index contributed by atoms with van der Waals surface area (Å²) >= 11 is 5.61. The average Bonchev–Trinajstić information content (AvgIpc) is 2.65. The van der Waals surface area contributed by atoms with E-state index >= 15 is 0 Å². The predicted molar refractivity (Wildman–Crippen MR) is 65.3 cm³/mol. The Morgan fingerprint density at radius 3 is 2.82 bits per heavy atom. The molecular weight excluding hydrogens is 245 g/mol. The Labute approximate surface area is 103 Å². The van der Waals surface area contributed by atoms with Crippen molar-refractivity contribution >= 4 is 28.9 Å². The maximum absolute atomic E-state index is 13.4. The molecule has 0 aromatic heterocycles. The lowest BCUT2D eigenvalue weighted by atomic mass is 10.1. The van der Waals surface area contributed by atoms with Crippen molar-refractivity contribution in [3.63, 3.8) is 0 Å². The summed E-state index contributed by atoms with van der Waals surface area (Å²) in [7, 11) is 0. The first kappa shape index (κ1) is 12.1. The zero-order chi connectivity index (χ0) is 12.6. The highest BCUT2D eigenvalue weighted by Crippen LogP contribution is 2.33. The SMILES string of the molecule is NCC1CC(=O)N(c2cc(F)c(Cl)cc2N)C1. The molecule has 1 heterocycles. The second kappa shape index (κ2) is 4.50. The van der Waals surface area contributed by atoms with Crippen LogP contribution >= 0.6 is 11.6 Å². The topological polar surface area (TPSA) is 72.4 Å². The third-order valence-corrected chi connectivity index (χ3v) is 3.19. The minimum atomic E-state index is -0.583. The average molecular weight is 258 g/mol. The van der Waals surface area contributed by atoms with Crippen molar-refractivity contribution in [3.8, 4) is 0 Å². The van der Waals surface area contributed by atoms with E-state index in [1.807, 2.05) is 0 Å². The molecule has 17 heavy (non-hydrogen) atoms. The van der Waals surface area contributed by atoms with Crippen LogP contribution in [0.15, 0.2) is 12.1 Å². The largest absolute Gasteiger partial charge is 0.397 e. The number of hydrogen-bond donors (Lipinski definition) is 2. The van der Waals surface area contributed by atoms with Gasteiger partial charge in [0.2, 0.25) is 5.91 Å². The molecule has 2 rings (SSSR count). The first-order chi connectivity index (χ1) is 8.02. The van der Waals surface area contributed by atoms with Crippen molar-refractivity contribution in [2.45, 2.75) is 6.42 Å². The summed E-state index contributed by atoms with van der Waals surface area (Å²) in [5, 5.41) is -0.0479. The summed E-state index contributed by atoms with van der Waals surface area (Å²) in [6, 6.07) is 2.50. The highest BCUT2D eigenvalue weighted by Gasteiger charge is 2.31. The normalized spacial score (nSPS) is 20.1. The Morgan fingerprint density at radius 1 is 1.53 bits per heavy atom. The molecule has 1 amide bonds. The number of nitrogens with two attached hydrogens (primary N) is 2. The number of anilines is 2. The summed E-state index contributed by atoms with van der Waals surface area (Å²) in [6.07, 6.45) is 0.375. The highest BCUT2D eigenvalue weighted by molar-refractivity contribution is 6.31. The summed E-state index contributed by atoms with van der Waals surface area (Å²) in [4.78, 5) is 13.2. The minimum absolute atomic E-state index is 0.0479. The van der Waals surface area contributed by atoms with Gasteiger partial charge < -0.3 is 16.4 Å². The summed E-state index contributed by atoms with van der Waals surface area (Å²) < 4.78 is 13.4. The van der Waals surface area contributed by atoms with Crippen LogP contribution in [0.2, 0.25) is 5.02 Å². The molecule has 0 radical (unpaired) electrons. The van der Waals surface area contributed by atoms with Crippen LogP contribution < -0.4 is 16.4 Å². The van der Waals surface area contributed by atoms with Gasteiger partial charge >= 0.3 is 0 Å². The van der Waals surface area contributed by atoms with Gasteiger partial charge in [-0.1, -0.05) is 11.6 Å². The number of carbonyl (C=O) groups is 1. The lowest BCUT2D eigenvalue weighted by molar-refractivity contribution is -0.117. The van der Waals surface area contributed by atoms with Gasteiger partial charge in [-0.2, -0.15) is 0 Å². The Kier molecular flexibility index (Phi) is 3.22. The van der Waals surface area contributed by atoms with Crippen LogP contribution in [0.1, 0.15) is 6.42 Å². The molecule has 0 aliphatic carbocycles. The van der Waals surface area contributed by atoms with E-state index in [4.69, 9.17) is 23.1 Å². The lowest BCUT2D eigenvalue weighted by Gasteiger charge is -2.19. The Bertz CT molecular complexity index is 466.